The minimum atomic E-state index is -1.10. The van der Waals surface area contributed by atoms with Crippen molar-refractivity contribution in [2.24, 2.45) is 0 Å². The van der Waals surface area contributed by atoms with Crippen LogP contribution in [0.25, 0.3) is 0 Å². The van der Waals surface area contributed by atoms with Crippen molar-refractivity contribution in [2.45, 2.75) is 51.6 Å². The first-order valence-corrected chi connectivity index (χ1v) is 8.27. The summed E-state index contributed by atoms with van der Waals surface area (Å²) in [7, 11) is 0. The van der Waals surface area contributed by atoms with Gasteiger partial charge >= 0.3 is 11.9 Å². The second-order valence-corrected chi connectivity index (χ2v) is 6.48. The fourth-order valence-electron chi connectivity index (χ4n) is 2.06. The minimum absolute atomic E-state index is 0.195. The van der Waals surface area contributed by atoms with Crippen LogP contribution < -0.4 is 5.32 Å². The fourth-order valence-corrected chi connectivity index (χ4v) is 2.06. The molecule has 1 fully saturated rings. The highest BCUT2D eigenvalue weighted by molar-refractivity contribution is 5.92. The standard InChI is InChI=1S/C17H28N2O5/c1-5-14(20)18-17(3,4)16(22)24-11-7-6-10-23-15(21)8-9-19-12-13(19)2/h5,13H,1,6-12H2,2-4H3,(H,18,20). The number of carbonyl (C=O) groups is 3. The maximum absolute atomic E-state index is 11.9. The number of amides is 1. The Bertz CT molecular complexity index is 476. The normalized spacial score (nSPS) is 19.3. The quantitative estimate of drug-likeness (QED) is 0.262. The summed E-state index contributed by atoms with van der Waals surface area (Å²) in [5.74, 6) is -1.14. The first-order chi connectivity index (χ1) is 11.3. The molecule has 2 unspecified atom stereocenters. The largest absolute Gasteiger partial charge is 0.466 e. The molecule has 2 atom stereocenters. The van der Waals surface area contributed by atoms with Gasteiger partial charge in [0, 0.05) is 19.1 Å². The fraction of sp³-hybridized carbons (Fsp3) is 0.706. The number of unbranched alkanes of at least 4 members (excludes halogenated alkanes) is 1. The molecule has 1 N–H and O–H groups in total. The number of ether oxygens (including phenoxy) is 2. The maximum Gasteiger partial charge on any atom is 0.331 e. The first kappa shape index (κ1) is 20.2. The van der Waals surface area contributed by atoms with Gasteiger partial charge in [-0.3, -0.25) is 14.5 Å². The van der Waals surface area contributed by atoms with Crippen molar-refractivity contribution >= 4 is 17.8 Å². The molecule has 0 aliphatic carbocycles. The van der Waals surface area contributed by atoms with E-state index in [0.717, 1.165) is 19.2 Å². The molecule has 7 nitrogen and oxygen atoms in total. The highest BCUT2D eigenvalue weighted by Crippen LogP contribution is 2.15. The van der Waals surface area contributed by atoms with E-state index in [0.29, 0.717) is 31.9 Å². The average Bonchev–Trinajstić information content (AvgIpc) is 3.23. The van der Waals surface area contributed by atoms with Crippen LogP contribution in [0.3, 0.4) is 0 Å². The molecule has 0 saturated carbocycles. The van der Waals surface area contributed by atoms with E-state index >= 15 is 0 Å². The molecule has 1 amide bonds. The van der Waals surface area contributed by atoms with Crippen molar-refractivity contribution in [3.8, 4) is 0 Å². The minimum Gasteiger partial charge on any atom is -0.466 e. The predicted molar refractivity (Wildman–Crippen MR) is 89.2 cm³/mol. The van der Waals surface area contributed by atoms with Crippen LogP contribution in [0, 0.1) is 0 Å². The van der Waals surface area contributed by atoms with Crippen molar-refractivity contribution in [3.63, 3.8) is 0 Å². The Morgan fingerprint density at radius 3 is 2.38 bits per heavy atom. The molecule has 0 aromatic rings. The van der Waals surface area contributed by atoms with Crippen molar-refractivity contribution < 1.29 is 23.9 Å². The molecule has 0 radical (unpaired) electrons. The van der Waals surface area contributed by atoms with E-state index in [1.54, 1.807) is 13.8 Å². The zero-order valence-electron chi connectivity index (χ0n) is 14.8. The van der Waals surface area contributed by atoms with Gasteiger partial charge in [-0.1, -0.05) is 6.58 Å². The van der Waals surface area contributed by atoms with E-state index in [1.165, 1.54) is 0 Å². The third kappa shape index (κ3) is 7.59. The van der Waals surface area contributed by atoms with Crippen molar-refractivity contribution in [3.05, 3.63) is 12.7 Å². The lowest BCUT2D eigenvalue weighted by atomic mass is 10.1. The van der Waals surface area contributed by atoms with Gasteiger partial charge in [-0.15, -0.1) is 0 Å². The van der Waals surface area contributed by atoms with Crippen molar-refractivity contribution in [1.29, 1.82) is 0 Å². The summed E-state index contributed by atoms with van der Waals surface area (Å²) < 4.78 is 10.2. The summed E-state index contributed by atoms with van der Waals surface area (Å²) in [6.07, 6.45) is 2.73. The summed E-state index contributed by atoms with van der Waals surface area (Å²) in [5.41, 5.74) is -1.10. The van der Waals surface area contributed by atoms with Crippen LogP contribution in [0.1, 0.15) is 40.0 Å². The van der Waals surface area contributed by atoms with E-state index in [2.05, 4.69) is 23.7 Å². The number of rotatable bonds is 11. The van der Waals surface area contributed by atoms with Crippen LogP contribution in [0.5, 0.6) is 0 Å². The molecule has 136 valence electrons. The lowest BCUT2D eigenvalue weighted by Gasteiger charge is -2.23. The van der Waals surface area contributed by atoms with Gasteiger partial charge in [-0.2, -0.15) is 0 Å². The number of hydrogen-bond donors (Lipinski definition) is 1. The van der Waals surface area contributed by atoms with Gasteiger partial charge in [0.2, 0.25) is 5.91 Å². The van der Waals surface area contributed by atoms with Gasteiger partial charge in [0.25, 0.3) is 0 Å². The summed E-state index contributed by atoms with van der Waals surface area (Å²) in [5, 5.41) is 2.50. The Labute approximate surface area is 143 Å². The van der Waals surface area contributed by atoms with E-state index in [9.17, 15) is 14.4 Å². The number of nitrogens with one attached hydrogen (secondary N) is 1. The molecule has 24 heavy (non-hydrogen) atoms. The second kappa shape index (κ2) is 9.42. The molecule has 1 aliphatic heterocycles. The van der Waals surface area contributed by atoms with Crippen molar-refractivity contribution in [2.75, 3.05) is 26.3 Å². The van der Waals surface area contributed by atoms with E-state index in [4.69, 9.17) is 9.47 Å². The van der Waals surface area contributed by atoms with Gasteiger partial charge in [-0.25, -0.2) is 4.79 Å². The van der Waals surface area contributed by atoms with Crippen molar-refractivity contribution in [1.82, 2.24) is 10.2 Å². The topological polar surface area (TPSA) is 84.7 Å². The van der Waals surface area contributed by atoms with Gasteiger partial charge in [0.1, 0.15) is 5.54 Å². The second-order valence-electron chi connectivity index (χ2n) is 6.48. The Morgan fingerprint density at radius 1 is 1.25 bits per heavy atom. The summed E-state index contributed by atoms with van der Waals surface area (Å²) >= 11 is 0. The number of esters is 2. The van der Waals surface area contributed by atoms with Crippen LogP contribution in [-0.2, 0) is 23.9 Å². The van der Waals surface area contributed by atoms with E-state index in [1.807, 2.05) is 0 Å². The Hall–Kier alpha value is -1.89. The van der Waals surface area contributed by atoms with E-state index in [-0.39, 0.29) is 12.6 Å². The molecule has 0 spiro atoms. The summed E-state index contributed by atoms with van der Waals surface area (Å²) in [6, 6.07) is 0.591. The molecule has 1 heterocycles. The molecule has 7 heteroatoms. The van der Waals surface area contributed by atoms with Gasteiger partial charge in [-0.05, 0) is 39.7 Å². The lowest BCUT2D eigenvalue weighted by Crippen LogP contribution is -2.50. The number of carbonyl (C=O) groups excluding carboxylic acids is 3. The highest BCUT2D eigenvalue weighted by atomic mass is 16.5. The van der Waals surface area contributed by atoms with Gasteiger partial charge < -0.3 is 14.8 Å². The van der Waals surface area contributed by atoms with Crippen LogP contribution in [0.4, 0.5) is 0 Å². The predicted octanol–water partition coefficient (Wildman–Crippen LogP) is 1.03. The van der Waals surface area contributed by atoms with Crippen LogP contribution in [0.2, 0.25) is 0 Å². The monoisotopic (exact) mass is 340 g/mol. The van der Waals surface area contributed by atoms with Crippen LogP contribution >= 0.6 is 0 Å². The van der Waals surface area contributed by atoms with E-state index < -0.39 is 17.4 Å². The molecule has 1 rings (SSSR count). The zero-order chi connectivity index (χ0) is 18.2. The first-order valence-electron chi connectivity index (χ1n) is 8.27. The Morgan fingerprint density at radius 2 is 1.83 bits per heavy atom. The lowest BCUT2D eigenvalue weighted by molar-refractivity contribution is -0.152. The number of hydrogen-bond acceptors (Lipinski definition) is 6. The molecule has 1 aliphatic rings. The van der Waals surface area contributed by atoms with Gasteiger partial charge in [0.15, 0.2) is 0 Å². The Kier molecular flexibility index (Phi) is 7.91. The molecular formula is C17H28N2O5. The molecule has 0 aromatic carbocycles. The molecule has 1 saturated heterocycles. The van der Waals surface area contributed by atoms with Crippen LogP contribution in [-0.4, -0.2) is 60.6 Å². The SMILES string of the molecule is C=CC(=O)NC(C)(C)C(=O)OCCCCOC(=O)CCN1CC1C. The average molecular weight is 340 g/mol. The smallest absolute Gasteiger partial charge is 0.331 e. The molecule has 0 bridgehead atoms. The highest BCUT2D eigenvalue weighted by Gasteiger charge is 2.30. The van der Waals surface area contributed by atoms with Gasteiger partial charge in [0.05, 0.1) is 19.6 Å². The maximum atomic E-state index is 11.9. The number of nitrogens with zero attached hydrogens (tertiary/aromatic N) is 1. The third-order valence-electron chi connectivity index (χ3n) is 3.76. The van der Waals surface area contributed by atoms with Crippen LogP contribution in [0.15, 0.2) is 12.7 Å². The molecular weight excluding hydrogens is 312 g/mol. The zero-order valence-corrected chi connectivity index (χ0v) is 14.8. The summed E-state index contributed by atoms with van der Waals surface area (Å²) in [6.45, 7) is 10.9. The summed E-state index contributed by atoms with van der Waals surface area (Å²) in [4.78, 5) is 36.8. The third-order valence-corrected chi connectivity index (χ3v) is 3.76. The Balaban J connectivity index is 2.04. The molecule has 0 aromatic heterocycles.